The van der Waals surface area contributed by atoms with Crippen molar-refractivity contribution in [1.82, 2.24) is 0 Å². The van der Waals surface area contributed by atoms with Crippen molar-refractivity contribution in [3.05, 3.63) is 34.9 Å². The van der Waals surface area contributed by atoms with Crippen LogP contribution in [-0.4, -0.2) is 11.2 Å². The molecule has 0 radical (unpaired) electrons. The Hall–Kier alpha value is -0.820. The maximum atomic E-state index is 9.80. The SMILES string of the molecule is Cc1ccc(CCC(O)CC(C)C)cc1C. The van der Waals surface area contributed by atoms with Gasteiger partial charge in [0, 0.05) is 0 Å². The van der Waals surface area contributed by atoms with Gasteiger partial charge in [0.1, 0.15) is 0 Å². The van der Waals surface area contributed by atoms with Gasteiger partial charge in [-0.1, -0.05) is 32.0 Å². The first-order valence-electron chi connectivity index (χ1n) is 6.23. The van der Waals surface area contributed by atoms with E-state index in [-0.39, 0.29) is 6.10 Å². The lowest BCUT2D eigenvalue weighted by atomic mass is 9.98. The predicted octanol–water partition coefficient (Wildman–Crippen LogP) is 3.64. The largest absolute Gasteiger partial charge is 0.393 e. The summed E-state index contributed by atoms with van der Waals surface area (Å²) in [5.41, 5.74) is 4.02. The van der Waals surface area contributed by atoms with Crippen molar-refractivity contribution in [2.45, 2.75) is 53.1 Å². The zero-order valence-electron chi connectivity index (χ0n) is 11.0. The van der Waals surface area contributed by atoms with E-state index in [4.69, 9.17) is 0 Å². The van der Waals surface area contributed by atoms with Crippen LogP contribution in [0, 0.1) is 19.8 Å². The van der Waals surface area contributed by atoms with Crippen LogP contribution in [0.15, 0.2) is 18.2 Å². The molecule has 0 aromatic heterocycles. The Morgan fingerprint density at radius 3 is 2.38 bits per heavy atom. The molecule has 90 valence electrons. The number of hydrogen-bond acceptors (Lipinski definition) is 1. The average molecular weight is 220 g/mol. The average Bonchev–Trinajstić information content (AvgIpc) is 2.19. The van der Waals surface area contributed by atoms with Crippen LogP contribution in [-0.2, 0) is 6.42 Å². The number of rotatable bonds is 5. The Bertz CT molecular complexity index is 328. The highest BCUT2D eigenvalue weighted by Gasteiger charge is 2.07. The van der Waals surface area contributed by atoms with E-state index in [0.717, 1.165) is 19.3 Å². The smallest absolute Gasteiger partial charge is 0.0545 e. The van der Waals surface area contributed by atoms with Gasteiger partial charge >= 0.3 is 0 Å². The summed E-state index contributed by atoms with van der Waals surface area (Å²) < 4.78 is 0. The molecule has 1 atom stereocenters. The van der Waals surface area contributed by atoms with Crippen LogP contribution in [0.3, 0.4) is 0 Å². The normalized spacial score (nSPS) is 13.1. The van der Waals surface area contributed by atoms with Crippen molar-refractivity contribution < 1.29 is 5.11 Å². The second-order valence-corrected chi connectivity index (χ2v) is 5.24. The molecule has 0 bridgehead atoms. The van der Waals surface area contributed by atoms with Crippen LogP contribution >= 0.6 is 0 Å². The van der Waals surface area contributed by atoms with E-state index in [0.29, 0.717) is 5.92 Å². The van der Waals surface area contributed by atoms with Crippen LogP contribution < -0.4 is 0 Å². The van der Waals surface area contributed by atoms with Gasteiger partial charge in [-0.15, -0.1) is 0 Å². The third-order valence-corrected chi connectivity index (χ3v) is 3.08. The van der Waals surface area contributed by atoms with Gasteiger partial charge in [-0.3, -0.25) is 0 Å². The molecule has 1 unspecified atom stereocenters. The lowest BCUT2D eigenvalue weighted by Gasteiger charge is -2.13. The minimum atomic E-state index is -0.151. The molecular formula is C15H24O. The topological polar surface area (TPSA) is 20.2 Å². The van der Waals surface area contributed by atoms with Crippen molar-refractivity contribution in [3.8, 4) is 0 Å². The van der Waals surface area contributed by atoms with E-state index in [1.807, 2.05) is 0 Å². The van der Waals surface area contributed by atoms with E-state index >= 15 is 0 Å². The van der Waals surface area contributed by atoms with E-state index < -0.39 is 0 Å². The second-order valence-electron chi connectivity index (χ2n) is 5.24. The highest BCUT2D eigenvalue weighted by Crippen LogP contribution is 2.14. The van der Waals surface area contributed by atoms with Gasteiger partial charge in [0.15, 0.2) is 0 Å². The van der Waals surface area contributed by atoms with E-state index in [9.17, 15) is 5.11 Å². The number of hydrogen-bond donors (Lipinski definition) is 1. The summed E-state index contributed by atoms with van der Waals surface area (Å²) in [5.74, 6) is 0.578. The molecule has 0 saturated carbocycles. The molecule has 1 heteroatoms. The molecule has 1 nitrogen and oxygen atoms in total. The van der Waals surface area contributed by atoms with Gasteiger partial charge in [-0.2, -0.15) is 0 Å². The zero-order chi connectivity index (χ0) is 12.1. The van der Waals surface area contributed by atoms with Gasteiger partial charge in [-0.05, 0) is 55.7 Å². The Morgan fingerprint density at radius 2 is 1.81 bits per heavy atom. The maximum Gasteiger partial charge on any atom is 0.0545 e. The quantitative estimate of drug-likeness (QED) is 0.803. The summed E-state index contributed by atoms with van der Waals surface area (Å²) in [5, 5.41) is 9.80. The molecular weight excluding hydrogens is 196 g/mol. The van der Waals surface area contributed by atoms with Crippen LogP contribution in [0.4, 0.5) is 0 Å². The molecule has 0 fully saturated rings. The van der Waals surface area contributed by atoms with Crippen LogP contribution in [0.1, 0.15) is 43.4 Å². The molecule has 0 amide bonds. The van der Waals surface area contributed by atoms with Crippen LogP contribution in [0.2, 0.25) is 0 Å². The van der Waals surface area contributed by atoms with E-state index in [1.54, 1.807) is 0 Å². The third-order valence-electron chi connectivity index (χ3n) is 3.08. The Kier molecular flexibility index (Phi) is 5.01. The second kappa shape index (κ2) is 6.05. The van der Waals surface area contributed by atoms with E-state index in [2.05, 4.69) is 45.9 Å². The molecule has 1 aromatic carbocycles. The molecule has 0 aliphatic rings. The Labute approximate surface area is 99.5 Å². The first-order chi connectivity index (χ1) is 7.49. The molecule has 1 N–H and O–H groups in total. The third kappa shape index (κ3) is 4.36. The van der Waals surface area contributed by atoms with Crippen molar-refractivity contribution in [3.63, 3.8) is 0 Å². The summed E-state index contributed by atoms with van der Waals surface area (Å²) in [6.07, 6.45) is 2.61. The van der Waals surface area contributed by atoms with Crippen molar-refractivity contribution >= 4 is 0 Å². The fraction of sp³-hybridized carbons (Fsp3) is 0.600. The zero-order valence-corrected chi connectivity index (χ0v) is 11.0. The van der Waals surface area contributed by atoms with Crippen molar-refractivity contribution in [1.29, 1.82) is 0 Å². The Morgan fingerprint density at radius 1 is 1.12 bits per heavy atom. The number of benzene rings is 1. The maximum absolute atomic E-state index is 9.80. The van der Waals surface area contributed by atoms with Gasteiger partial charge < -0.3 is 5.11 Å². The summed E-state index contributed by atoms with van der Waals surface area (Å²) in [7, 11) is 0. The molecule has 1 rings (SSSR count). The highest BCUT2D eigenvalue weighted by molar-refractivity contribution is 5.29. The summed E-state index contributed by atoms with van der Waals surface area (Å²) in [6.45, 7) is 8.58. The summed E-state index contributed by atoms with van der Waals surface area (Å²) >= 11 is 0. The minimum absolute atomic E-state index is 0.151. The molecule has 0 aliphatic carbocycles. The van der Waals surface area contributed by atoms with Crippen molar-refractivity contribution in [2.75, 3.05) is 0 Å². The number of aliphatic hydroxyl groups is 1. The summed E-state index contributed by atoms with van der Waals surface area (Å²) in [6, 6.07) is 6.57. The summed E-state index contributed by atoms with van der Waals surface area (Å²) in [4.78, 5) is 0. The number of aryl methyl sites for hydroxylation is 3. The first kappa shape index (κ1) is 13.2. The molecule has 1 aromatic rings. The predicted molar refractivity (Wildman–Crippen MR) is 69.7 cm³/mol. The van der Waals surface area contributed by atoms with Gasteiger partial charge in [0.2, 0.25) is 0 Å². The lowest BCUT2D eigenvalue weighted by molar-refractivity contribution is 0.140. The molecule has 0 aliphatic heterocycles. The van der Waals surface area contributed by atoms with E-state index in [1.165, 1.54) is 16.7 Å². The van der Waals surface area contributed by atoms with Gasteiger partial charge in [-0.25, -0.2) is 0 Å². The molecule has 0 saturated heterocycles. The lowest BCUT2D eigenvalue weighted by Crippen LogP contribution is -2.11. The van der Waals surface area contributed by atoms with Crippen LogP contribution in [0.5, 0.6) is 0 Å². The van der Waals surface area contributed by atoms with Crippen LogP contribution in [0.25, 0.3) is 0 Å². The molecule has 16 heavy (non-hydrogen) atoms. The fourth-order valence-electron chi connectivity index (χ4n) is 1.95. The fourth-order valence-corrected chi connectivity index (χ4v) is 1.95. The monoisotopic (exact) mass is 220 g/mol. The molecule has 0 spiro atoms. The first-order valence-corrected chi connectivity index (χ1v) is 6.23. The van der Waals surface area contributed by atoms with Gasteiger partial charge in [0.25, 0.3) is 0 Å². The number of aliphatic hydroxyl groups excluding tert-OH is 1. The molecule has 0 heterocycles. The minimum Gasteiger partial charge on any atom is -0.393 e. The van der Waals surface area contributed by atoms with Crippen molar-refractivity contribution in [2.24, 2.45) is 5.92 Å². The Balaban J connectivity index is 2.45. The standard InChI is InChI=1S/C15H24O/c1-11(2)9-15(16)8-7-14-6-5-12(3)13(4)10-14/h5-6,10-11,15-16H,7-9H2,1-4H3. The van der Waals surface area contributed by atoms with Gasteiger partial charge in [0.05, 0.1) is 6.10 Å². The highest BCUT2D eigenvalue weighted by atomic mass is 16.3.